The zero-order valence-electron chi connectivity index (χ0n) is 26.3. The average Bonchev–Trinajstić information content (AvgIpc) is 3.52. The molecule has 0 bridgehead atoms. The van der Waals surface area contributed by atoms with Crippen LogP contribution in [0.2, 0.25) is 0 Å². The van der Waals surface area contributed by atoms with Crippen LogP contribution < -0.4 is 25.5 Å². The maximum absolute atomic E-state index is 12.2. The van der Waals surface area contributed by atoms with E-state index >= 15 is 0 Å². The number of nitrogens with one attached hydrogen (secondary N) is 3. The molecule has 0 unspecified atom stereocenters. The number of nitrogens with zero attached hydrogens (tertiary/aromatic N) is 4. The van der Waals surface area contributed by atoms with Crippen molar-refractivity contribution >= 4 is 17.7 Å². The predicted octanol–water partition coefficient (Wildman–Crippen LogP) is 5.00. The van der Waals surface area contributed by atoms with Crippen LogP contribution in [0.25, 0.3) is 11.4 Å². The Morgan fingerprint density at radius 1 is 1.00 bits per heavy atom. The third kappa shape index (κ3) is 8.86. The van der Waals surface area contributed by atoms with Gasteiger partial charge in [0, 0.05) is 54.9 Å². The SMILES string of the molecule is CC.CNC/C=C(\NC(C)C)c1ncccc1COc1nccc(OCc2cccnc2C2=CCNN2C(C)C)c1C=O. The van der Waals surface area contributed by atoms with Crippen LogP contribution in [0.15, 0.2) is 61.1 Å². The number of carbonyl (C=O) groups excluding carboxylic acids is 1. The first kappa shape index (κ1) is 33.2. The number of ether oxygens (including phenoxy) is 2. The van der Waals surface area contributed by atoms with Crippen molar-refractivity contribution in [3.63, 3.8) is 0 Å². The van der Waals surface area contributed by atoms with Crippen LogP contribution >= 0.6 is 0 Å². The number of aromatic nitrogens is 3. The number of likely N-dealkylation sites (N-methyl/N-ethyl adjacent to an activating group) is 1. The van der Waals surface area contributed by atoms with E-state index in [1.807, 2.05) is 45.2 Å². The van der Waals surface area contributed by atoms with Gasteiger partial charge in [0.2, 0.25) is 5.88 Å². The summed E-state index contributed by atoms with van der Waals surface area (Å²) in [6.07, 6.45) is 9.99. The first-order chi connectivity index (χ1) is 20.9. The van der Waals surface area contributed by atoms with Crippen molar-refractivity contribution in [3.05, 3.63) is 89.2 Å². The van der Waals surface area contributed by atoms with Gasteiger partial charge in [-0.25, -0.2) is 10.4 Å². The van der Waals surface area contributed by atoms with Gasteiger partial charge in [-0.3, -0.25) is 14.8 Å². The lowest BCUT2D eigenvalue weighted by Crippen LogP contribution is -2.37. The number of pyridine rings is 3. The highest BCUT2D eigenvalue weighted by atomic mass is 16.5. The summed E-state index contributed by atoms with van der Waals surface area (Å²) in [4.78, 5) is 25.8. The molecular weight excluding hydrogens is 542 g/mol. The first-order valence-corrected chi connectivity index (χ1v) is 14.8. The molecule has 0 spiro atoms. The lowest BCUT2D eigenvalue weighted by molar-refractivity contribution is 0.111. The molecule has 3 N–H and O–H groups in total. The molecule has 230 valence electrons. The van der Waals surface area contributed by atoms with Gasteiger partial charge in [0.15, 0.2) is 6.29 Å². The molecule has 0 aromatic carbocycles. The van der Waals surface area contributed by atoms with E-state index in [0.717, 1.165) is 40.5 Å². The van der Waals surface area contributed by atoms with E-state index in [1.54, 1.807) is 24.7 Å². The zero-order chi connectivity index (χ0) is 31.2. The Bertz CT molecular complexity index is 1390. The van der Waals surface area contributed by atoms with Gasteiger partial charge in [0.05, 0.1) is 22.8 Å². The Morgan fingerprint density at radius 2 is 1.72 bits per heavy atom. The normalized spacial score (nSPS) is 13.0. The van der Waals surface area contributed by atoms with Crippen molar-refractivity contribution in [2.75, 3.05) is 20.1 Å². The van der Waals surface area contributed by atoms with Crippen molar-refractivity contribution in [1.29, 1.82) is 0 Å². The molecule has 0 atom stereocenters. The fourth-order valence-electron chi connectivity index (χ4n) is 4.51. The fraction of sp³-hybridized carbons (Fsp3) is 0.394. The van der Waals surface area contributed by atoms with E-state index in [9.17, 15) is 4.79 Å². The van der Waals surface area contributed by atoms with E-state index < -0.39 is 0 Å². The van der Waals surface area contributed by atoms with Gasteiger partial charge in [0.1, 0.15) is 24.5 Å². The van der Waals surface area contributed by atoms with Gasteiger partial charge >= 0.3 is 0 Å². The monoisotopic (exact) mass is 587 g/mol. The van der Waals surface area contributed by atoms with Gasteiger partial charge in [0.25, 0.3) is 0 Å². The van der Waals surface area contributed by atoms with E-state index in [-0.39, 0.29) is 36.7 Å². The summed E-state index contributed by atoms with van der Waals surface area (Å²) in [6.45, 7) is 14.2. The highest BCUT2D eigenvalue weighted by Crippen LogP contribution is 2.29. The lowest BCUT2D eigenvalue weighted by atomic mass is 10.1. The van der Waals surface area contributed by atoms with Crippen LogP contribution in [-0.2, 0) is 13.2 Å². The lowest BCUT2D eigenvalue weighted by Gasteiger charge is -2.27. The van der Waals surface area contributed by atoms with Crippen molar-refractivity contribution in [3.8, 4) is 11.6 Å². The highest BCUT2D eigenvalue weighted by molar-refractivity contribution is 5.82. The summed E-state index contributed by atoms with van der Waals surface area (Å²) < 4.78 is 12.2. The molecule has 3 aromatic rings. The Labute approximate surface area is 255 Å². The standard InChI is InChI=1S/C31H39N7O3.C2H6/c1-21(2)37-26(10-15-32-5)29-23(8-6-13-33-29)20-41-31-25(18-39)28(12-16-35-31)40-19-24-9-7-14-34-30(24)27-11-17-36-38(27)22(3)4;1-2/h6-14,16,18,21-22,32,36-37H,15,17,19-20H2,1-5H3;1-2H3/b26-10-;. The second-order valence-corrected chi connectivity index (χ2v) is 10.1. The molecule has 3 aromatic heterocycles. The molecule has 4 rings (SSSR count). The van der Waals surface area contributed by atoms with Crippen molar-refractivity contribution in [2.45, 2.75) is 66.8 Å². The highest BCUT2D eigenvalue weighted by Gasteiger charge is 2.23. The summed E-state index contributed by atoms with van der Waals surface area (Å²) in [7, 11) is 1.90. The molecule has 4 heterocycles. The minimum atomic E-state index is 0.177. The Hall–Kier alpha value is -4.28. The second kappa shape index (κ2) is 17.0. The largest absolute Gasteiger partial charge is 0.488 e. The van der Waals surface area contributed by atoms with Crippen LogP contribution in [0.3, 0.4) is 0 Å². The topological polar surface area (TPSA) is 114 Å². The molecule has 10 nitrogen and oxygen atoms in total. The Morgan fingerprint density at radius 3 is 2.42 bits per heavy atom. The van der Waals surface area contributed by atoms with Crippen LogP contribution in [0.1, 0.15) is 74.4 Å². The maximum atomic E-state index is 12.2. The summed E-state index contributed by atoms with van der Waals surface area (Å²) >= 11 is 0. The Kier molecular flexibility index (Phi) is 13.1. The second-order valence-electron chi connectivity index (χ2n) is 10.1. The minimum absolute atomic E-state index is 0.177. The number of hydrogen-bond acceptors (Lipinski definition) is 10. The smallest absolute Gasteiger partial charge is 0.228 e. The van der Waals surface area contributed by atoms with Crippen molar-refractivity contribution < 1.29 is 14.3 Å². The first-order valence-electron chi connectivity index (χ1n) is 14.8. The van der Waals surface area contributed by atoms with Crippen LogP contribution in [0, 0.1) is 0 Å². The van der Waals surface area contributed by atoms with Crippen molar-refractivity contribution in [1.82, 2.24) is 36.0 Å². The third-order valence-corrected chi connectivity index (χ3v) is 6.35. The zero-order valence-corrected chi connectivity index (χ0v) is 26.3. The Balaban J connectivity index is 0.00000248. The van der Waals surface area contributed by atoms with E-state index in [1.165, 1.54) is 0 Å². The van der Waals surface area contributed by atoms with Crippen LogP contribution in [0.5, 0.6) is 11.6 Å². The number of aldehydes is 1. The molecule has 0 saturated heterocycles. The molecule has 1 aliphatic rings. The van der Waals surface area contributed by atoms with Gasteiger partial charge in [-0.1, -0.05) is 26.0 Å². The quantitative estimate of drug-likeness (QED) is 0.223. The predicted molar refractivity (Wildman–Crippen MR) is 171 cm³/mol. The molecular formula is C33H45N7O3. The molecule has 0 amide bonds. The third-order valence-electron chi connectivity index (χ3n) is 6.35. The maximum Gasteiger partial charge on any atom is 0.228 e. The number of hydrazine groups is 1. The number of hydrogen-bond donors (Lipinski definition) is 3. The fourth-order valence-corrected chi connectivity index (χ4v) is 4.51. The van der Waals surface area contributed by atoms with Gasteiger partial charge in [-0.15, -0.1) is 0 Å². The summed E-state index contributed by atoms with van der Waals surface area (Å²) in [5.41, 5.74) is 8.92. The summed E-state index contributed by atoms with van der Waals surface area (Å²) in [5, 5.41) is 8.70. The molecule has 0 fully saturated rings. The summed E-state index contributed by atoms with van der Waals surface area (Å²) in [5.74, 6) is 0.589. The van der Waals surface area contributed by atoms with Crippen LogP contribution in [0.4, 0.5) is 0 Å². The number of rotatable bonds is 14. The van der Waals surface area contributed by atoms with E-state index in [2.05, 4.69) is 75.9 Å². The summed E-state index contributed by atoms with van der Waals surface area (Å²) in [6, 6.07) is 9.83. The van der Waals surface area contributed by atoms with Gasteiger partial charge in [-0.2, -0.15) is 0 Å². The molecule has 0 aliphatic carbocycles. The van der Waals surface area contributed by atoms with E-state index in [0.29, 0.717) is 18.6 Å². The van der Waals surface area contributed by atoms with Crippen molar-refractivity contribution in [2.24, 2.45) is 0 Å². The van der Waals surface area contributed by atoms with Crippen LogP contribution in [-0.4, -0.2) is 58.5 Å². The van der Waals surface area contributed by atoms with E-state index in [4.69, 9.17) is 9.47 Å². The minimum Gasteiger partial charge on any atom is -0.488 e. The molecule has 0 radical (unpaired) electrons. The molecule has 1 aliphatic heterocycles. The average molecular weight is 588 g/mol. The van der Waals surface area contributed by atoms with Gasteiger partial charge in [-0.05, 0) is 65.1 Å². The number of carbonyl (C=O) groups is 1. The molecule has 43 heavy (non-hydrogen) atoms. The van der Waals surface area contributed by atoms with Gasteiger partial charge < -0.3 is 25.1 Å². The molecule has 10 heteroatoms. The molecule has 0 saturated carbocycles.